The van der Waals surface area contributed by atoms with E-state index in [1.807, 2.05) is 123 Å². The molecular formula is C48H53N5O8. The third kappa shape index (κ3) is 13.3. The first-order valence-electron chi connectivity index (χ1n) is 20.3. The summed E-state index contributed by atoms with van der Waals surface area (Å²) in [6.07, 6.45) is -2.69. The van der Waals surface area contributed by atoms with Gasteiger partial charge in [0.2, 0.25) is 24.3 Å². The molecule has 4 amide bonds. The van der Waals surface area contributed by atoms with Crippen LogP contribution in [0.1, 0.15) is 60.9 Å². The van der Waals surface area contributed by atoms with Crippen LogP contribution in [-0.2, 0) is 37.7 Å². The van der Waals surface area contributed by atoms with Crippen molar-refractivity contribution < 1.29 is 33.9 Å². The van der Waals surface area contributed by atoms with Crippen molar-refractivity contribution in [2.45, 2.75) is 75.9 Å². The fraction of sp³-hybridized carbons (Fsp3) is 0.292. The van der Waals surface area contributed by atoms with E-state index in [0.717, 1.165) is 22.3 Å². The Labute approximate surface area is 356 Å². The number of alkyl carbamates (subject to hydrolysis) is 1. The van der Waals surface area contributed by atoms with E-state index in [1.165, 1.54) is 0 Å². The summed E-state index contributed by atoms with van der Waals surface area (Å²) in [6.45, 7) is 2.84. The summed E-state index contributed by atoms with van der Waals surface area (Å²) in [5.74, 6) is -1.88. The molecule has 0 aliphatic carbocycles. The van der Waals surface area contributed by atoms with E-state index in [-0.39, 0.29) is 38.2 Å². The number of rotatable bonds is 21. The normalized spacial score (nSPS) is 13.2. The van der Waals surface area contributed by atoms with E-state index in [9.17, 15) is 34.4 Å². The van der Waals surface area contributed by atoms with Gasteiger partial charge < -0.3 is 31.1 Å². The lowest BCUT2D eigenvalue weighted by Gasteiger charge is -2.37. The molecule has 0 bridgehead atoms. The summed E-state index contributed by atoms with van der Waals surface area (Å²) in [5.41, 5.74) is 2.67. The van der Waals surface area contributed by atoms with Crippen molar-refractivity contribution in [3.8, 4) is 0 Å². The molecule has 5 aromatic rings. The molecule has 5 N–H and O–H groups in total. The maximum absolute atomic E-state index is 14.2. The van der Waals surface area contributed by atoms with Crippen molar-refractivity contribution in [1.29, 1.82) is 0 Å². The Morgan fingerprint density at radius 2 is 1.11 bits per heavy atom. The predicted molar refractivity (Wildman–Crippen MR) is 231 cm³/mol. The third-order valence-electron chi connectivity index (χ3n) is 10.2. The van der Waals surface area contributed by atoms with E-state index >= 15 is 0 Å². The molecule has 0 aliphatic rings. The Morgan fingerprint density at radius 1 is 0.656 bits per heavy atom. The van der Waals surface area contributed by atoms with Crippen molar-refractivity contribution >= 4 is 23.8 Å². The molecule has 318 valence electrons. The van der Waals surface area contributed by atoms with Crippen LogP contribution in [0.4, 0.5) is 4.79 Å². The molecule has 4 atom stereocenters. The number of amides is 4. The molecule has 5 aromatic carbocycles. The lowest BCUT2D eigenvalue weighted by atomic mass is 9.77. The second-order valence-corrected chi connectivity index (χ2v) is 15.3. The van der Waals surface area contributed by atoms with Crippen molar-refractivity contribution in [2.75, 3.05) is 6.54 Å². The van der Waals surface area contributed by atoms with Gasteiger partial charge in [0, 0.05) is 17.8 Å². The van der Waals surface area contributed by atoms with Gasteiger partial charge in [-0.1, -0.05) is 166 Å². The second kappa shape index (κ2) is 22.5. The van der Waals surface area contributed by atoms with Crippen molar-refractivity contribution in [2.24, 2.45) is 5.92 Å². The smallest absolute Gasteiger partial charge is 0.408 e. The summed E-state index contributed by atoms with van der Waals surface area (Å²) in [7, 11) is 0. The van der Waals surface area contributed by atoms with Crippen LogP contribution in [0.25, 0.3) is 0 Å². The van der Waals surface area contributed by atoms with Crippen LogP contribution in [0.3, 0.4) is 0 Å². The van der Waals surface area contributed by atoms with E-state index in [1.54, 1.807) is 42.5 Å². The highest BCUT2D eigenvalue weighted by Crippen LogP contribution is 2.37. The minimum absolute atomic E-state index is 0.0115. The van der Waals surface area contributed by atoms with Gasteiger partial charge in [-0.25, -0.2) is 4.79 Å². The first-order chi connectivity index (χ1) is 29.4. The zero-order valence-electron chi connectivity index (χ0n) is 34.3. The molecule has 0 saturated heterocycles. The molecule has 0 saturated carbocycles. The minimum atomic E-state index is -1.68. The molecule has 1 unspecified atom stereocenters. The molecule has 0 aromatic heterocycles. The molecule has 13 heteroatoms. The predicted octanol–water partition coefficient (Wildman–Crippen LogP) is 6.07. The van der Waals surface area contributed by atoms with Crippen LogP contribution in [0.5, 0.6) is 0 Å². The highest BCUT2D eigenvalue weighted by atomic mass is 16.6. The second-order valence-electron chi connectivity index (χ2n) is 15.3. The Morgan fingerprint density at radius 3 is 1.59 bits per heavy atom. The average molecular weight is 828 g/mol. The fourth-order valence-electron chi connectivity index (χ4n) is 7.20. The van der Waals surface area contributed by atoms with E-state index in [0.29, 0.717) is 5.56 Å². The van der Waals surface area contributed by atoms with E-state index in [4.69, 9.17) is 4.74 Å². The van der Waals surface area contributed by atoms with Crippen LogP contribution < -0.4 is 21.3 Å². The molecule has 0 aliphatic heterocycles. The summed E-state index contributed by atoms with van der Waals surface area (Å²) in [5, 5.41) is 34.2. The summed E-state index contributed by atoms with van der Waals surface area (Å²) < 4.78 is 5.38. The number of ether oxygens (including phenoxy) is 1. The number of aliphatic hydroxyl groups is 1. The molecule has 0 heterocycles. The van der Waals surface area contributed by atoms with Gasteiger partial charge in [-0.15, -0.1) is 0 Å². The Balaban J connectivity index is 1.37. The lowest BCUT2D eigenvalue weighted by Crippen LogP contribution is -2.57. The van der Waals surface area contributed by atoms with Gasteiger partial charge in [-0.05, 0) is 46.6 Å². The van der Waals surface area contributed by atoms with Crippen LogP contribution in [0, 0.1) is 16.0 Å². The molecule has 0 spiro atoms. The number of benzene rings is 5. The Hall–Kier alpha value is -6.86. The standard InChI is InChI=1S/C48H53N5O8/c1-34(2)30-41(51-47(58)61-33-36-20-10-4-11-21-36)45(56)50-42(31-35-18-8-3-9-19-35)46(57)49-40(43(54)32-53(59)60)28-29-44(55)52-48(37-22-12-5-13-23-37,38-24-14-6-15-25-38)39-26-16-7-17-27-39/h3-27,34,40-43,54H,28-33H2,1-2H3,(H,49,57)(H,50,56)(H,51,58)(H,52,55)/t40-,41-,42-,43?/m0/s1. The van der Waals surface area contributed by atoms with Crippen molar-refractivity contribution in [3.05, 3.63) is 190 Å². The van der Waals surface area contributed by atoms with Crippen molar-refractivity contribution in [1.82, 2.24) is 21.3 Å². The summed E-state index contributed by atoms with van der Waals surface area (Å²) >= 11 is 0. The van der Waals surface area contributed by atoms with Crippen LogP contribution in [0.15, 0.2) is 152 Å². The van der Waals surface area contributed by atoms with Gasteiger partial charge in [0.05, 0.1) is 6.04 Å². The van der Waals surface area contributed by atoms with Gasteiger partial charge in [-0.3, -0.25) is 24.5 Å². The SMILES string of the molecule is CC(C)C[C@H](NC(=O)OCc1ccccc1)C(=O)N[C@@H](Cc1ccccc1)C(=O)N[C@@H](CCC(=O)NC(c1ccccc1)(c1ccccc1)c1ccccc1)C(O)C[N+](=O)[O-]. The van der Waals surface area contributed by atoms with E-state index in [2.05, 4.69) is 21.3 Å². The number of carbonyl (C=O) groups excluding carboxylic acids is 4. The number of nitrogens with one attached hydrogen (secondary N) is 4. The molecular weight excluding hydrogens is 775 g/mol. The maximum Gasteiger partial charge on any atom is 0.408 e. The summed E-state index contributed by atoms with van der Waals surface area (Å²) in [4.78, 5) is 66.1. The number of carbonyl (C=O) groups is 4. The van der Waals surface area contributed by atoms with Crippen molar-refractivity contribution in [3.63, 3.8) is 0 Å². The average Bonchev–Trinajstić information content (AvgIpc) is 3.27. The topological polar surface area (TPSA) is 189 Å². The van der Waals surface area contributed by atoms with Gasteiger partial charge in [0.25, 0.3) is 0 Å². The van der Waals surface area contributed by atoms with Gasteiger partial charge in [0.15, 0.2) is 0 Å². The monoisotopic (exact) mass is 827 g/mol. The largest absolute Gasteiger partial charge is 0.445 e. The summed E-state index contributed by atoms with van der Waals surface area (Å²) in [6, 6.07) is 42.8. The number of hydrogen-bond donors (Lipinski definition) is 5. The van der Waals surface area contributed by atoms with E-state index < -0.39 is 65.1 Å². The lowest BCUT2D eigenvalue weighted by molar-refractivity contribution is -0.491. The number of nitrogens with zero attached hydrogens (tertiary/aromatic N) is 1. The zero-order valence-corrected chi connectivity index (χ0v) is 34.3. The Kier molecular flexibility index (Phi) is 16.7. The quantitative estimate of drug-likeness (QED) is 0.0335. The van der Waals surface area contributed by atoms with Gasteiger partial charge in [-0.2, -0.15) is 0 Å². The molecule has 0 fully saturated rings. The number of hydrogen-bond acceptors (Lipinski definition) is 8. The minimum Gasteiger partial charge on any atom is -0.445 e. The molecule has 0 radical (unpaired) electrons. The van der Waals surface area contributed by atoms with Crippen LogP contribution >= 0.6 is 0 Å². The number of aliphatic hydroxyl groups excluding tert-OH is 1. The fourth-order valence-corrected chi connectivity index (χ4v) is 7.20. The maximum atomic E-state index is 14.2. The zero-order chi connectivity index (χ0) is 43.6. The van der Waals surface area contributed by atoms with Crippen LogP contribution in [0.2, 0.25) is 0 Å². The first-order valence-corrected chi connectivity index (χ1v) is 20.3. The molecule has 61 heavy (non-hydrogen) atoms. The highest BCUT2D eigenvalue weighted by molar-refractivity contribution is 5.91. The third-order valence-corrected chi connectivity index (χ3v) is 10.2. The van der Waals surface area contributed by atoms with Gasteiger partial charge in [0.1, 0.15) is 30.3 Å². The van der Waals surface area contributed by atoms with Crippen LogP contribution in [-0.4, -0.2) is 64.6 Å². The molecule has 13 nitrogen and oxygen atoms in total. The first kappa shape index (κ1) is 45.2. The van der Waals surface area contributed by atoms with Gasteiger partial charge >= 0.3 is 6.09 Å². The Bertz CT molecular complexity index is 2060. The number of nitro groups is 1. The molecule has 5 rings (SSSR count). The highest BCUT2D eigenvalue weighted by Gasteiger charge is 2.38.